The van der Waals surface area contributed by atoms with Gasteiger partial charge in [-0.2, -0.15) is 0 Å². The highest BCUT2D eigenvalue weighted by Crippen LogP contribution is 2.12. The maximum absolute atomic E-state index is 9.86. The molecule has 0 bridgehead atoms. The highest BCUT2D eigenvalue weighted by atomic mass is 16.4. The summed E-state index contributed by atoms with van der Waals surface area (Å²) < 4.78 is 7.82. The molecular formula is C13H20O6. The van der Waals surface area contributed by atoms with Crippen molar-refractivity contribution in [2.45, 2.75) is 36.9 Å². The van der Waals surface area contributed by atoms with Crippen LogP contribution in [-0.2, 0) is 6.40 Å². The van der Waals surface area contributed by atoms with Crippen LogP contribution in [0.5, 0.6) is 0 Å². The van der Waals surface area contributed by atoms with Gasteiger partial charge >= 0.3 is 0 Å². The Balaban J connectivity index is 2.73. The SMILES string of the molecule is [2H]C(c1ccccc1)C(O)[C@H](O)[C@@H](O)[C@H](O)[C@H](O)CO. The van der Waals surface area contributed by atoms with Crippen LogP contribution in [-0.4, -0.2) is 67.8 Å². The van der Waals surface area contributed by atoms with E-state index in [2.05, 4.69) is 0 Å². The Hall–Kier alpha value is -1.02. The molecule has 6 N–H and O–H groups in total. The smallest absolute Gasteiger partial charge is 0.111 e. The minimum atomic E-state index is -1.89. The van der Waals surface area contributed by atoms with E-state index in [9.17, 15) is 25.5 Å². The van der Waals surface area contributed by atoms with Gasteiger partial charge in [-0.15, -0.1) is 0 Å². The Morgan fingerprint density at radius 3 is 1.89 bits per heavy atom. The molecule has 0 saturated carbocycles. The van der Waals surface area contributed by atoms with Gasteiger partial charge in [-0.3, -0.25) is 0 Å². The Labute approximate surface area is 112 Å². The third-order valence-corrected chi connectivity index (χ3v) is 2.79. The maximum atomic E-state index is 9.86. The van der Waals surface area contributed by atoms with Crippen LogP contribution in [0.3, 0.4) is 0 Å². The molecule has 0 aliphatic carbocycles. The summed E-state index contributed by atoms with van der Waals surface area (Å²) in [4.78, 5) is 0. The zero-order valence-corrected chi connectivity index (χ0v) is 10.2. The Morgan fingerprint density at radius 1 is 0.842 bits per heavy atom. The number of hydrogen-bond acceptors (Lipinski definition) is 6. The van der Waals surface area contributed by atoms with Crippen LogP contribution in [0, 0.1) is 0 Å². The summed E-state index contributed by atoms with van der Waals surface area (Å²) in [6, 6.07) is 8.22. The molecule has 0 aliphatic rings. The first-order valence-electron chi connectivity index (χ1n) is 6.46. The molecule has 0 aromatic heterocycles. The van der Waals surface area contributed by atoms with E-state index < -0.39 is 43.5 Å². The lowest BCUT2D eigenvalue weighted by molar-refractivity contribution is -0.139. The lowest BCUT2D eigenvalue weighted by Gasteiger charge is -2.28. The second-order valence-electron chi connectivity index (χ2n) is 4.29. The standard InChI is InChI=1S/C13H20O6/c14-7-10(16)12(18)13(19)11(17)9(15)6-8-4-2-1-3-5-8/h1-5,9-19H,6-7H2/t9?,10-,11+,12-,13-/m1/s1/i6D/t6?,9?,10-,11+,12-,13-. The first kappa shape index (κ1) is 14.4. The summed E-state index contributed by atoms with van der Waals surface area (Å²) >= 11 is 0. The van der Waals surface area contributed by atoms with Crippen molar-refractivity contribution in [3.8, 4) is 0 Å². The fourth-order valence-electron chi connectivity index (χ4n) is 1.60. The van der Waals surface area contributed by atoms with Gasteiger partial charge in [-0.05, 0) is 5.56 Å². The molecule has 6 nitrogen and oxygen atoms in total. The van der Waals surface area contributed by atoms with Crippen molar-refractivity contribution in [1.29, 1.82) is 0 Å². The van der Waals surface area contributed by atoms with Crippen LogP contribution in [0.1, 0.15) is 6.93 Å². The normalized spacial score (nSPS) is 21.9. The predicted octanol–water partition coefficient (Wildman–Crippen LogP) is -1.97. The van der Waals surface area contributed by atoms with Crippen LogP contribution in [0.4, 0.5) is 0 Å². The maximum Gasteiger partial charge on any atom is 0.111 e. The summed E-state index contributed by atoms with van der Waals surface area (Å²) in [5, 5.41) is 56.6. The van der Waals surface area contributed by atoms with Gasteiger partial charge < -0.3 is 30.6 Å². The Kier molecular flexibility index (Phi) is 5.71. The number of benzene rings is 1. The van der Waals surface area contributed by atoms with Crippen molar-refractivity contribution in [3.63, 3.8) is 0 Å². The predicted molar refractivity (Wildman–Crippen MR) is 67.3 cm³/mol. The zero-order valence-electron chi connectivity index (χ0n) is 11.2. The molecule has 0 heterocycles. The van der Waals surface area contributed by atoms with Crippen molar-refractivity contribution >= 4 is 0 Å². The summed E-state index contributed by atoms with van der Waals surface area (Å²) in [5.74, 6) is 0. The fraction of sp³-hybridized carbons (Fsp3) is 0.538. The van der Waals surface area contributed by atoms with E-state index in [1.165, 1.54) is 0 Å². The van der Waals surface area contributed by atoms with E-state index in [0.29, 0.717) is 5.56 Å². The van der Waals surface area contributed by atoms with Gasteiger partial charge in [-0.25, -0.2) is 0 Å². The molecule has 0 radical (unpaired) electrons. The third-order valence-electron chi connectivity index (χ3n) is 2.79. The number of rotatable bonds is 7. The quantitative estimate of drug-likeness (QED) is 0.343. The summed E-state index contributed by atoms with van der Waals surface area (Å²) in [7, 11) is 0. The van der Waals surface area contributed by atoms with Crippen LogP contribution < -0.4 is 0 Å². The second kappa shape index (κ2) is 7.54. The molecule has 0 fully saturated rings. The lowest BCUT2D eigenvalue weighted by Crippen LogP contribution is -2.50. The largest absolute Gasteiger partial charge is 0.394 e. The van der Waals surface area contributed by atoms with Crippen LogP contribution in [0.2, 0.25) is 0 Å². The van der Waals surface area contributed by atoms with Crippen molar-refractivity contribution in [3.05, 3.63) is 35.9 Å². The van der Waals surface area contributed by atoms with Crippen LogP contribution in [0.25, 0.3) is 0 Å². The average Bonchev–Trinajstić information content (AvgIpc) is 2.51. The van der Waals surface area contributed by atoms with Crippen molar-refractivity contribution in [2.75, 3.05) is 6.61 Å². The van der Waals surface area contributed by atoms with Gasteiger partial charge in [0.05, 0.1) is 12.7 Å². The molecule has 2 unspecified atom stereocenters. The molecule has 0 amide bonds. The van der Waals surface area contributed by atoms with Crippen LogP contribution >= 0.6 is 0 Å². The molecule has 0 spiro atoms. The Bertz CT molecular complexity index is 390. The first-order chi connectivity index (χ1) is 9.40. The van der Waals surface area contributed by atoms with Crippen molar-refractivity contribution < 1.29 is 32.0 Å². The fourth-order valence-corrected chi connectivity index (χ4v) is 1.60. The van der Waals surface area contributed by atoms with E-state index >= 15 is 0 Å². The Morgan fingerprint density at radius 2 is 1.37 bits per heavy atom. The molecule has 6 atom stereocenters. The molecule has 6 heteroatoms. The second-order valence-corrected chi connectivity index (χ2v) is 4.29. The van der Waals surface area contributed by atoms with Gasteiger partial charge in [0.15, 0.2) is 0 Å². The molecule has 108 valence electrons. The van der Waals surface area contributed by atoms with E-state index in [1.54, 1.807) is 30.3 Å². The monoisotopic (exact) mass is 273 g/mol. The lowest BCUT2D eigenvalue weighted by atomic mass is 9.95. The highest BCUT2D eigenvalue weighted by Gasteiger charge is 2.33. The van der Waals surface area contributed by atoms with E-state index in [1.807, 2.05) is 0 Å². The van der Waals surface area contributed by atoms with Gasteiger partial charge in [0.2, 0.25) is 0 Å². The summed E-state index contributed by atoms with van der Waals surface area (Å²) in [6.07, 6.45) is -10.1. The number of hydrogen-bond donors (Lipinski definition) is 6. The van der Waals surface area contributed by atoms with Crippen LogP contribution in [0.15, 0.2) is 30.3 Å². The van der Waals surface area contributed by atoms with E-state index in [-0.39, 0.29) is 0 Å². The van der Waals surface area contributed by atoms with E-state index in [0.717, 1.165) is 0 Å². The third kappa shape index (κ3) is 4.54. The molecule has 19 heavy (non-hydrogen) atoms. The molecule has 1 rings (SSSR count). The zero-order chi connectivity index (χ0) is 15.3. The minimum absolute atomic E-state index is 0.434. The first-order valence-corrected chi connectivity index (χ1v) is 5.88. The summed E-state index contributed by atoms with van der Waals surface area (Å²) in [6.45, 7) is -0.802. The highest BCUT2D eigenvalue weighted by molar-refractivity contribution is 5.15. The average molecular weight is 273 g/mol. The van der Waals surface area contributed by atoms with Gasteiger partial charge in [0, 0.05) is 7.77 Å². The van der Waals surface area contributed by atoms with Gasteiger partial charge in [0.25, 0.3) is 0 Å². The van der Waals surface area contributed by atoms with E-state index in [4.69, 9.17) is 6.48 Å². The molecular weight excluding hydrogens is 252 g/mol. The molecule has 0 aliphatic heterocycles. The number of aliphatic hydroxyl groups excluding tert-OH is 6. The molecule has 0 saturated heterocycles. The minimum Gasteiger partial charge on any atom is -0.394 e. The topological polar surface area (TPSA) is 121 Å². The summed E-state index contributed by atoms with van der Waals surface area (Å²) in [5.41, 5.74) is 0.434. The van der Waals surface area contributed by atoms with Crippen molar-refractivity contribution in [2.24, 2.45) is 0 Å². The van der Waals surface area contributed by atoms with Gasteiger partial charge in [-0.1, -0.05) is 30.3 Å². The number of aliphatic hydroxyl groups is 6. The molecule has 1 aromatic carbocycles. The van der Waals surface area contributed by atoms with Gasteiger partial charge in [0.1, 0.15) is 24.4 Å². The molecule has 1 aromatic rings. The van der Waals surface area contributed by atoms with Crippen molar-refractivity contribution in [1.82, 2.24) is 0 Å².